The number of benzene rings is 1. The Morgan fingerprint density at radius 2 is 1.74 bits per heavy atom. The molecule has 1 aromatic carbocycles. The van der Waals surface area contributed by atoms with Crippen molar-refractivity contribution in [2.75, 3.05) is 0 Å². The third kappa shape index (κ3) is 3.97. The molecule has 0 radical (unpaired) electrons. The van der Waals surface area contributed by atoms with Gasteiger partial charge in [-0.25, -0.2) is 0 Å². The Kier molecular flexibility index (Phi) is 5.29. The van der Waals surface area contributed by atoms with Crippen LogP contribution in [0.2, 0.25) is 5.02 Å². The highest BCUT2D eigenvalue weighted by Gasteiger charge is 2.33. The lowest BCUT2D eigenvalue weighted by molar-refractivity contribution is 0.309. The number of halogens is 1. The molecule has 2 heteroatoms. The van der Waals surface area contributed by atoms with Crippen molar-refractivity contribution in [3.63, 3.8) is 0 Å². The van der Waals surface area contributed by atoms with Crippen molar-refractivity contribution in [1.29, 1.82) is 0 Å². The van der Waals surface area contributed by atoms with Crippen molar-refractivity contribution in [3.05, 3.63) is 34.9 Å². The van der Waals surface area contributed by atoms with Gasteiger partial charge in [0.2, 0.25) is 0 Å². The average molecular weight is 280 g/mol. The molecule has 2 atom stereocenters. The fourth-order valence-corrected chi connectivity index (χ4v) is 3.15. The van der Waals surface area contributed by atoms with Gasteiger partial charge >= 0.3 is 0 Å². The molecule has 1 saturated carbocycles. The van der Waals surface area contributed by atoms with Gasteiger partial charge in [0.25, 0.3) is 0 Å². The van der Waals surface area contributed by atoms with E-state index in [2.05, 4.69) is 38.2 Å². The van der Waals surface area contributed by atoms with Gasteiger partial charge in [0.15, 0.2) is 0 Å². The van der Waals surface area contributed by atoms with Crippen LogP contribution in [0.4, 0.5) is 0 Å². The van der Waals surface area contributed by atoms with Gasteiger partial charge in [-0.1, -0.05) is 50.4 Å². The third-order valence-corrected chi connectivity index (χ3v) is 4.77. The van der Waals surface area contributed by atoms with E-state index in [1.54, 1.807) is 0 Å². The molecule has 2 rings (SSSR count). The first kappa shape index (κ1) is 14.9. The van der Waals surface area contributed by atoms with Crippen LogP contribution in [0.15, 0.2) is 24.3 Å². The second-order valence-electron chi connectivity index (χ2n) is 5.90. The Hall–Kier alpha value is -0.530. The van der Waals surface area contributed by atoms with Gasteiger partial charge in [-0.15, -0.1) is 0 Å². The lowest BCUT2D eigenvalue weighted by Gasteiger charge is -2.29. The molecule has 1 aromatic rings. The second-order valence-corrected chi connectivity index (χ2v) is 6.34. The minimum Gasteiger partial charge on any atom is -0.307 e. The molecule has 1 aliphatic carbocycles. The highest BCUT2D eigenvalue weighted by molar-refractivity contribution is 6.30. The van der Waals surface area contributed by atoms with Crippen LogP contribution in [0.3, 0.4) is 0 Å². The number of nitrogens with one attached hydrogen (secondary N) is 1. The Morgan fingerprint density at radius 1 is 1.16 bits per heavy atom. The quantitative estimate of drug-likeness (QED) is 0.723. The summed E-state index contributed by atoms with van der Waals surface area (Å²) in [4.78, 5) is 0. The minimum atomic E-state index is 0.507. The van der Waals surface area contributed by atoms with Crippen molar-refractivity contribution in [2.45, 2.75) is 58.5 Å². The van der Waals surface area contributed by atoms with E-state index in [0.717, 1.165) is 16.9 Å². The summed E-state index contributed by atoms with van der Waals surface area (Å²) in [5.41, 5.74) is 1.39. The Labute approximate surface area is 122 Å². The van der Waals surface area contributed by atoms with Gasteiger partial charge in [-0.05, 0) is 49.3 Å². The van der Waals surface area contributed by atoms with Crippen LogP contribution in [0, 0.1) is 11.8 Å². The van der Waals surface area contributed by atoms with Crippen molar-refractivity contribution < 1.29 is 0 Å². The van der Waals surface area contributed by atoms with E-state index in [9.17, 15) is 0 Å². The number of hydrogen-bond acceptors (Lipinski definition) is 1. The van der Waals surface area contributed by atoms with Gasteiger partial charge in [-0.3, -0.25) is 0 Å². The van der Waals surface area contributed by atoms with Crippen LogP contribution in [0.25, 0.3) is 0 Å². The molecule has 0 aromatic heterocycles. The maximum atomic E-state index is 5.99. The molecular formula is C17H26ClN. The molecule has 0 bridgehead atoms. The van der Waals surface area contributed by atoms with Crippen molar-refractivity contribution in [2.24, 2.45) is 11.8 Å². The van der Waals surface area contributed by atoms with Crippen molar-refractivity contribution >= 4 is 11.6 Å². The maximum absolute atomic E-state index is 5.99. The first-order chi connectivity index (χ1) is 9.15. The normalized spacial score (nSPS) is 18.6. The lowest BCUT2D eigenvalue weighted by Crippen LogP contribution is -2.37. The van der Waals surface area contributed by atoms with Crippen molar-refractivity contribution in [3.8, 4) is 0 Å². The van der Waals surface area contributed by atoms with Crippen LogP contribution in [0.5, 0.6) is 0 Å². The zero-order valence-electron chi connectivity index (χ0n) is 12.3. The van der Waals surface area contributed by atoms with E-state index in [1.807, 2.05) is 12.1 Å². The Morgan fingerprint density at radius 3 is 2.21 bits per heavy atom. The van der Waals surface area contributed by atoms with E-state index in [1.165, 1.54) is 31.2 Å². The van der Waals surface area contributed by atoms with Gasteiger partial charge in [0, 0.05) is 17.1 Å². The summed E-state index contributed by atoms with van der Waals surface area (Å²) >= 11 is 5.99. The summed E-state index contributed by atoms with van der Waals surface area (Å²) in [6, 6.07) is 9.46. The Bertz CT molecular complexity index is 379. The third-order valence-electron chi connectivity index (χ3n) is 4.52. The lowest BCUT2D eigenvalue weighted by atomic mass is 9.93. The van der Waals surface area contributed by atoms with Gasteiger partial charge < -0.3 is 5.32 Å². The van der Waals surface area contributed by atoms with Crippen LogP contribution in [0.1, 0.15) is 58.1 Å². The molecule has 0 spiro atoms. The summed E-state index contributed by atoms with van der Waals surface area (Å²) in [5.74, 6) is 1.59. The minimum absolute atomic E-state index is 0.507. The van der Waals surface area contributed by atoms with E-state index in [4.69, 9.17) is 11.6 Å². The van der Waals surface area contributed by atoms with E-state index < -0.39 is 0 Å². The predicted molar refractivity (Wildman–Crippen MR) is 83.6 cm³/mol. The molecule has 1 N–H and O–H groups in total. The molecule has 0 aliphatic heterocycles. The number of rotatable bonds is 7. The molecule has 106 valence electrons. The summed E-state index contributed by atoms with van der Waals surface area (Å²) in [7, 11) is 0. The van der Waals surface area contributed by atoms with Crippen LogP contribution in [-0.2, 0) is 0 Å². The van der Waals surface area contributed by atoms with Gasteiger partial charge in [0.05, 0.1) is 0 Å². The van der Waals surface area contributed by atoms with Gasteiger partial charge in [-0.2, -0.15) is 0 Å². The summed E-state index contributed by atoms with van der Waals surface area (Å²) in [6.45, 7) is 6.92. The maximum Gasteiger partial charge on any atom is 0.0406 e. The van der Waals surface area contributed by atoms with Gasteiger partial charge in [0.1, 0.15) is 0 Å². The largest absolute Gasteiger partial charge is 0.307 e. The topological polar surface area (TPSA) is 12.0 Å². The Balaban J connectivity index is 2.06. The highest BCUT2D eigenvalue weighted by atomic mass is 35.5. The molecule has 0 amide bonds. The molecule has 1 nitrogen and oxygen atoms in total. The van der Waals surface area contributed by atoms with Crippen molar-refractivity contribution in [1.82, 2.24) is 5.32 Å². The SMILES string of the molecule is CCC(CC)C(C)NC(c1ccc(Cl)cc1)C1CC1. The fourth-order valence-electron chi connectivity index (χ4n) is 3.02. The molecule has 1 fully saturated rings. The smallest absolute Gasteiger partial charge is 0.0406 e. The molecule has 2 unspecified atom stereocenters. The molecule has 1 aliphatic rings. The van der Waals surface area contributed by atoms with Crippen LogP contribution < -0.4 is 5.32 Å². The first-order valence-electron chi connectivity index (χ1n) is 7.67. The van der Waals surface area contributed by atoms with E-state index >= 15 is 0 Å². The van der Waals surface area contributed by atoms with Crippen LogP contribution in [-0.4, -0.2) is 6.04 Å². The standard InChI is InChI=1S/C17H26ClN/c1-4-13(5-2)12(3)19-17(14-6-7-14)15-8-10-16(18)11-9-15/h8-14,17,19H,4-7H2,1-3H3. The predicted octanol–water partition coefficient (Wildman–Crippen LogP) is 5.21. The molecular weight excluding hydrogens is 254 g/mol. The first-order valence-corrected chi connectivity index (χ1v) is 8.05. The number of hydrogen-bond donors (Lipinski definition) is 1. The highest BCUT2D eigenvalue weighted by Crippen LogP contribution is 2.41. The average Bonchev–Trinajstić information content (AvgIpc) is 3.23. The second kappa shape index (κ2) is 6.76. The summed E-state index contributed by atoms with van der Waals surface area (Å²) in [6.07, 6.45) is 5.22. The molecule has 19 heavy (non-hydrogen) atoms. The fraction of sp³-hybridized carbons (Fsp3) is 0.647. The molecule has 0 saturated heterocycles. The van der Waals surface area contributed by atoms with E-state index in [-0.39, 0.29) is 0 Å². The summed E-state index contributed by atoms with van der Waals surface area (Å²) < 4.78 is 0. The monoisotopic (exact) mass is 279 g/mol. The zero-order chi connectivity index (χ0) is 13.8. The van der Waals surface area contributed by atoms with Crippen LogP contribution >= 0.6 is 11.6 Å². The molecule has 0 heterocycles. The zero-order valence-corrected chi connectivity index (χ0v) is 13.1. The van der Waals surface area contributed by atoms with E-state index in [0.29, 0.717) is 12.1 Å². The summed E-state index contributed by atoms with van der Waals surface area (Å²) in [5, 5.41) is 4.70.